The van der Waals surface area contributed by atoms with Gasteiger partial charge in [-0.05, 0) is 12.8 Å². The average Bonchev–Trinajstić information content (AvgIpc) is 3.36. The SMILES string of the molecule is O=C(Cc1ncnc(NCc2cccc(C(F)F)c2F)c1C1OCCO1)NC1(C(F)(F)F)CC1. The van der Waals surface area contributed by atoms with E-state index in [4.69, 9.17) is 9.47 Å². The third-order valence-corrected chi connectivity index (χ3v) is 5.61. The number of ether oxygens (including phenoxy) is 2. The number of carbonyl (C=O) groups is 1. The second-order valence-electron chi connectivity index (χ2n) is 7.94. The van der Waals surface area contributed by atoms with Crippen LogP contribution in [-0.2, 0) is 27.2 Å². The normalized spacial score (nSPS) is 17.7. The molecule has 2 N–H and O–H groups in total. The van der Waals surface area contributed by atoms with E-state index in [1.54, 1.807) is 0 Å². The first-order valence-electron chi connectivity index (χ1n) is 10.4. The predicted molar refractivity (Wildman–Crippen MR) is 105 cm³/mol. The Kier molecular flexibility index (Phi) is 6.67. The quantitative estimate of drug-likeness (QED) is 0.545. The van der Waals surface area contributed by atoms with Gasteiger partial charge in [-0.2, -0.15) is 13.2 Å². The number of anilines is 1. The predicted octanol–water partition coefficient (Wildman–Crippen LogP) is 3.96. The number of benzene rings is 1. The number of rotatable bonds is 8. The zero-order valence-corrected chi connectivity index (χ0v) is 17.6. The average molecular weight is 490 g/mol. The van der Waals surface area contributed by atoms with Crippen LogP contribution in [0.3, 0.4) is 0 Å². The lowest BCUT2D eigenvalue weighted by Gasteiger charge is -2.22. The van der Waals surface area contributed by atoms with E-state index >= 15 is 0 Å². The number of halogens is 6. The third-order valence-electron chi connectivity index (χ3n) is 5.61. The van der Waals surface area contributed by atoms with E-state index in [0.717, 1.165) is 12.4 Å². The van der Waals surface area contributed by atoms with E-state index < -0.39 is 48.1 Å². The van der Waals surface area contributed by atoms with Crippen LogP contribution in [0.4, 0.5) is 32.2 Å². The Morgan fingerprint density at radius 3 is 2.50 bits per heavy atom. The fourth-order valence-electron chi connectivity index (χ4n) is 3.64. The monoisotopic (exact) mass is 490 g/mol. The molecule has 2 aliphatic rings. The van der Waals surface area contributed by atoms with Gasteiger partial charge in [0.1, 0.15) is 23.5 Å². The van der Waals surface area contributed by atoms with Gasteiger partial charge in [-0.3, -0.25) is 4.79 Å². The zero-order valence-electron chi connectivity index (χ0n) is 17.6. The van der Waals surface area contributed by atoms with Crippen LogP contribution >= 0.6 is 0 Å². The number of hydrogen-bond acceptors (Lipinski definition) is 6. The van der Waals surface area contributed by atoms with E-state index in [0.29, 0.717) is 0 Å². The lowest BCUT2D eigenvalue weighted by atomic mass is 10.1. The van der Waals surface area contributed by atoms with Gasteiger partial charge < -0.3 is 20.1 Å². The van der Waals surface area contributed by atoms with Crippen LogP contribution in [0.1, 0.15) is 47.9 Å². The Labute approximate surface area is 189 Å². The van der Waals surface area contributed by atoms with Crippen molar-refractivity contribution in [2.24, 2.45) is 0 Å². The molecule has 1 amide bonds. The smallest absolute Gasteiger partial charge is 0.365 e. The van der Waals surface area contributed by atoms with Gasteiger partial charge in [0, 0.05) is 12.1 Å². The third kappa shape index (κ3) is 4.94. The molecule has 0 spiro atoms. The van der Waals surface area contributed by atoms with Crippen LogP contribution in [0.2, 0.25) is 0 Å². The fourth-order valence-corrected chi connectivity index (χ4v) is 3.64. The number of nitrogens with zero attached hydrogens (tertiary/aromatic N) is 2. The molecule has 0 bridgehead atoms. The summed E-state index contributed by atoms with van der Waals surface area (Å²) in [5.41, 5.74) is -2.82. The molecule has 13 heteroatoms. The highest BCUT2D eigenvalue weighted by Gasteiger charge is 2.64. The second kappa shape index (κ2) is 9.37. The molecular weight excluding hydrogens is 470 g/mol. The summed E-state index contributed by atoms with van der Waals surface area (Å²) in [5.74, 6) is -1.90. The maximum atomic E-state index is 14.4. The summed E-state index contributed by atoms with van der Waals surface area (Å²) in [7, 11) is 0. The van der Waals surface area contributed by atoms with Gasteiger partial charge in [-0.25, -0.2) is 23.1 Å². The number of nitrogens with one attached hydrogen (secondary N) is 2. The van der Waals surface area contributed by atoms with Crippen molar-refractivity contribution >= 4 is 11.7 Å². The molecule has 4 rings (SSSR count). The minimum absolute atomic E-state index is 0.0571. The minimum Gasteiger partial charge on any atom is -0.365 e. The topological polar surface area (TPSA) is 85.4 Å². The van der Waals surface area contributed by atoms with Gasteiger partial charge in [-0.1, -0.05) is 18.2 Å². The molecule has 1 saturated heterocycles. The van der Waals surface area contributed by atoms with E-state index in [1.807, 2.05) is 5.32 Å². The summed E-state index contributed by atoms with van der Waals surface area (Å²) in [6, 6.07) is 3.58. The second-order valence-corrected chi connectivity index (χ2v) is 7.94. The molecule has 1 aromatic carbocycles. The summed E-state index contributed by atoms with van der Waals surface area (Å²) in [6.07, 6.45) is -8.42. The van der Waals surface area contributed by atoms with Crippen molar-refractivity contribution in [1.82, 2.24) is 15.3 Å². The minimum atomic E-state index is -4.57. The van der Waals surface area contributed by atoms with Crippen molar-refractivity contribution < 1.29 is 40.6 Å². The molecule has 2 heterocycles. The molecule has 184 valence electrons. The first-order chi connectivity index (χ1) is 16.1. The Balaban J connectivity index is 1.56. The van der Waals surface area contributed by atoms with Gasteiger partial charge in [0.15, 0.2) is 6.29 Å². The van der Waals surface area contributed by atoms with Crippen molar-refractivity contribution in [2.45, 2.75) is 50.2 Å². The summed E-state index contributed by atoms with van der Waals surface area (Å²) in [5, 5.41) is 4.83. The van der Waals surface area contributed by atoms with Gasteiger partial charge in [0.2, 0.25) is 5.91 Å². The van der Waals surface area contributed by atoms with Crippen LogP contribution in [0.25, 0.3) is 0 Å². The number of amides is 1. The van der Waals surface area contributed by atoms with Gasteiger partial charge in [0.25, 0.3) is 6.43 Å². The molecule has 1 aromatic heterocycles. The van der Waals surface area contributed by atoms with Crippen molar-refractivity contribution in [3.63, 3.8) is 0 Å². The molecule has 7 nitrogen and oxygen atoms in total. The van der Waals surface area contributed by atoms with Crippen molar-refractivity contribution in [3.05, 3.63) is 52.7 Å². The van der Waals surface area contributed by atoms with Crippen LogP contribution in [0.15, 0.2) is 24.5 Å². The van der Waals surface area contributed by atoms with Crippen LogP contribution in [-0.4, -0.2) is 40.8 Å². The van der Waals surface area contributed by atoms with Crippen molar-refractivity contribution in [3.8, 4) is 0 Å². The highest BCUT2D eigenvalue weighted by molar-refractivity contribution is 5.80. The standard InChI is InChI=1S/C21H20F6N4O3/c22-16-11(2-1-3-12(16)17(23)24)9-28-18-15(19-33-6-7-34-19)13(29-10-30-18)8-14(32)31-20(4-5-20)21(25,26)27/h1-3,10,17,19H,4-9H2,(H,31,32)(H,28,29,30). The molecule has 1 aliphatic carbocycles. The lowest BCUT2D eigenvalue weighted by Crippen LogP contribution is -2.48. The molecule has 34 heavy (non-hydrogen) atoms. The Morgan fingerprint density at radius 1 is 1.18 bits per heavy atom. The maximum Gasteiger partial charge on any atom is 0.411 e. The summed E-state index contributed by atoms with van der Waals surface area (Å²) >= 11 is 0. The van der Waals surface area contributed by atoms with Crippen molar-refractivity contribution in [1.29, 1.82) is 0 Å². The highest BCUT2D eigenvalue weighted by Crippen LogP contribution is 2.49. The van der Waals surface area contributed by atoms with E-state index in [9.17, 15) is 31.1 Å². The molecular formula is C21H20F6N4O3. The zero-order chi connectivity index (χ0) is 24.5. The van der Waals surface area contributed by atoms with Crippen molar-refractivity contribution in [2.75, 3.05) is 18.5 Å². The van der Waals surface area contributed by atoms with E-state index in [2.05, 4.69) is 15.3 Å². The lowest BCUT2D eigenvalue weighted by molar-refractivity contribution is -0.170. The fraction of sp³-hybridized carbons (Fsp3) is 0.476. The van der Waals surface area contributed by atoms with Crippen LogP contribution in [0.5, 0.6) is 0 Å². The van der Waals surface area contributed by atoms with Gasteiger partial charge >= 0.3 is 6.18 Å². The summed E-state index contributed by atoms with van der Waals surface area (Å²) < 4.78 is 90.9. The molecule has 0 unspecified atom stereocenters. The van der Waals surface area contributed by atoms with Gasteiger partial charge in [0.05, 0.1) is 36.5 Å². The highest BCUT2D eigenvalue weighted by atomic mass is 19.4. The Hall–Kier alpha value is -2.93. The summed E-state index contributed by atoms with van der Waals surface area (Å²) in [6.45, 7) is 0.186. The van der Waals surface area contributed by atoms with E-state index in [-0.39, 0.29) is 55.2 Å². The Morgan fingerprint density at radius 2 is 1.88 bits per heavy atom. The maximum absolute atomic E-state index is 14.4. The molecule has 2 fully saturated rings. The molecule has 0 atom stereocenters. The molecule has 2 aromatic rings. The summed E-state index contributed by atoms with van der Waals surface area (Å²) in [4.78, 5) is 20.5. The molecule has 0 radical (unpaired) electrons. The first kappa shape index (κ1) is 24.2. The molecule has 1 saturated carbocycles. The first-order valence-corrected chi connectivity index (χ1v) is 10.4. The van der Waals surface area contributed by atoms with Crippen LogP contribution in [0, 0.1) is 5.82 Å². The number of alkyl halides is 5. The van der Waals surface area contributed by atoms with Gasteiger partial charge in [-0.15, -0.1) is 0 Å². The number of aromatic nitrogens is 2. The van der Waals surface area contributed by atoms with E-state index in [1.165, 1.54) is 12.1 Å². The van der Waals surface area contributed by atoms with Crippen LogP contribution < -0.4 is 10.6 Å². The number of carbonyl (C=O) groups excluding carboxylic acids is 1. The molecule has 1 aliphatic heterocycles. The number of hydrogen-bond donors (Lipinski definition) is 2. The Bertz CT molecular complexity index is 1060. The largest absolute Gasteiger partial charge is 0.411 e.